The molecule has 1 aromatic heterocycles. The molecule has 2 aromatic rings. The Morgan fingerprint density at radius 1 is 1.15 bits per heavy atom. The monoisotopic (exact) mass is 276 g/mol. The normalized spacial score (nSPS) is 10.3. The van der Waals surface area contributed by atoms with Crippen molar-refractivity contribution >= 4 is 11.8 Å². The summed E-state index contributed by atoms with van der Waals surface area (Å²) in [6.07, 6.45) is 2.04. The van der Waals surface area contributed by atoms with E-state index < -0.39 is 0 Å². The number of aromatic hydroxyl groups is 1. The van der Waals surface area contributed by atoms with Crippen LogP contribution in [0.2, 0.25) is 0 Å². The molecule has 1 heterocycles. The summed E-state index contributed by atoms with van der Waals surface area (Å²) in [6, 6.07) is 3.40. The number of aromatic nitrogens is 2. The standard InChI is InChI=1S/C13H16N4O3/c1-19-9-4-7(5-10(20-2)11(9)18)3-8-6-16-13(15)17-12(8)14/h4-6,18H,3H2,1-2H3,(H4,14,15,16,17). The Hall–Kier alpha value is -2.70. The van der Waals surface area contributed by atoms with Gasteiger partial charge < -0.3 is 26.0 Å². The summed E-state index contributed by atoms with van der Waals surface area (Å²) in [7, 11) is 2.94. The maximum atomic E-state index is 9.85. The van der Waals surface area contributed by atoms with E-state index in [4.69, 9.17) is 20.9 Å². The molecule has 0 aliphatic heterocycles. The molecule has 7 nitrogen and oxygen atoms in total. The second-order valence-electron chi connectivity index (χ2n) is 4.16. The number of nitrogens with zero attached hydrogens (tertiary/aromatic N) is 2. The van der Waals surface area contributed by atoms with E-state index >= 15 is 0 Å². The second kappa shape index (κ2) is 5.52. The Balaban J connectivity index is 2.38. The van der Waals surface area contributed by atoms with Crippen LogP contribution in [0.3, 0.4) is 0 Å². The first kappa shape index (κ1) is 13.7. The van der Waals surface area contributed by atoms with E-state index in [1.54, 1.807) is 18.3 Å². The minimum Gasteiger partial charge on any atom is -0.502 e. The lowest BCUT2D eigenvalue weighted by Crippen LogP contribution is -2.04. The van der Waals surface area contributed by atoms with Gasteiger partial charge in [0.05, 0.1) is 14.2 Å². The van der Waals surface area contributed by atoms with Crippen molar-refractivity contribution in [2.45, 2.75) is 6.42 Å². The lowest BCUT2D eigenvalue weighted by molar-refractivity contribution is 0.339. The van der Waals surface area contributed by atoms with E-state index in [1.165, 1.54) is 14.2 Å². The third kappa shape index (κ3) is 2.66. The molecule has 7 heteroatoms. The number of phenolic OH excluding ortho intramolecular Hbond substituents is 1. The molecule has 0 spiro atoms. The second-order valence-corrected chi connectivity index (χ2v) is 4.16. The highest BCUT2D eigenvalue weighted by Gasteiger charge is 2.12. The fraction of sp³-hybridized carbons (Fsp3) is 0.231. The Kier molecular flexibility index (Phi) is 3.79. The van der Waals surface area contributed by atoms with Crippen LogP contribution in [0.15, 0.2) is 18.3 Å². The molecule has 20 heavy (non-hydrogen) atoms. The van der Waals surface area contributed by atoms with Gasteiger partial charge in [0.1, 0.15) is 5.82 Å². The zero-order chi connectivity index (χ0) is 14.7. The summed E-state index contributed by atoms with van der Waals surface area (Å²) < 4.78 is 10.2. The summed E-state index contributed by atoms with van der Waals surface area (Å²) in [6.45, 7) is 0. The molecule has 0 aliphatic rings. The number of phenols is 1. The van der Waals surface area contributed by atoms with Crippen molar-refractivity contribution in [3.8, 4) is 17.2 Å². The summed E-state index contributed by atoms with van der Waals surface area (Å²) >= 11 is 0. The van der Waals surface area contributed by atoms with Crippen LogP contribution in [-0.2, 0) is 6.42 Å². The molecule has 0 radical (unpaired) electrons. The highest BCUT2D eigenvalue weighted by atomic mass is 16.5. The van der Waals surface area contributed by atoms with Crippen molar-refractivity contribution < 1.29 is 14.6 Å². The average Bonchev–Trinajstić information content (AvgIpc) is 2.43. The maximum absolute atomic E-state index is 9.85. The molecule has 0 amide bonds. The van der Waals surface area contributed by atoms with E-state index in [0.29, 0.717) is 23.7 Å². The minimum absolute atomic E-state index is 0.0414. The lowest BCUT2D eigenvalue weighted by Gasteiger charge is -2.11. The Bertz CT molecular complexity index is 606. The molecule has 0 fully saturated rings. The van der Waals surface area contributed by atoms with Gasteiger partial charge in [-0.25, -0.2) is 4.98 Å². The molecule has 106 valence electrons. The van der Waals surface area contributed by atoms with Crippen LogP contribution in [0.25, 0.3) is 0 Å². The van der Waals surface area contributed by atoms with Crippen LogP contribution in [0.1, 0.15) is 11.1 Å². The van der Waals surface area contributed by atoms with Crippen LogP contribution in [-0.4, -0.2) is 29.3 Å². The van der Waals surface area contributed by atoms with Gasteiger partial charge >= 0.3 is 0 Å². The van der Waals surface area contributed by atoms with Gasteiger partial charge in [0.2, 0.25) is 11.7 Å². The van der Waals surface area contributed by atoms with Gasteiger partial charge in [0.15, 0.2) is 11.5 Å². The molecule has 0 bridgehead atoms. The first-order chi connectivity index (χ1) is 9.55. The van der Waals surface area contributed by atoms with Crippen LogP contribution in [0.4, 0.5) is 11.8 Å². The number of anilines is 2. The van der Waals surface area contributed by atoms with E-state index in [1.807, 2.05) is 0 Å². The minimum atomic E-state index is -0.0414. The van der Waals surface area contributed by atoms with Gasteiger partial charge in [-0.05, 0) is 17.7 Å². The summed E-state index contributed by atoms with van der Waals surface area (Å²) in [4.78, 5) is 7.82. The average molecular weight is 276 g/mol. The zero-order valence-corrected chi connectivity index (χ0v) is 11.3. The highest BCUT2D eigenvalue weighted by Crippen LogP contribution is 2.37. The number of hydrogen-bond donors (Lipinski definition) is 3. The highest BCUT2D eigenvalue weighted by molar-refractivity contribution is 5.54. The quantitative estimate of drug-likeness (QED) is 0.761. The third-order valence-electron chi connectivity index (χ3n) is 2.85. The van der Waals surface area contributed by atoms with E-state index in [0.717, 1.165) is 11.1 Å². The van der Waals surface area contributed by atoms with Crippen molar-refractivity contribution in [2.24, 2.45) is 0 Å². The number of nitrogens with two attached hydrogens (primary N) is 2. The van der Waals surface area contributed by atoms with Crippen molar-refractivity contribution in [1.29, 1.82) is 0 Å². The first-order valence-corrected chi connectivity index (χ1v) is 5.86. The molecule has 0 unspecified atom stereocenters. The van der Waals surface area contributed by atoms with Crippen LogP contribution >= 0.6 is 0 Å². The summed E-state index contributed by atoms with van der Waals surface area (Å²) in [5.74, 6) is 1.07. The molecule has 0 aliphatic carbocycles. The lowest BCUT2D eigenvalue weighted by atomic mass is 10.1. The van der Waals surface area contributed by atoms with Crippen molar-refractivity contribution in [3.05, 3.63) is 29.5 Å². The number of nitrogen functional groups attached to an aromatic ring is 2. The summed E-state index contributed by atoms with van der Waals surface area (Å²) in [5.41, 5.74) is 12.8. The van der Waals surface area contributed by atoms with E-state index in [2.05, 4.69) is 9.97 Å². The predicted octanol–water partition coefficient (Wildman–Crippen LogP) is 0.955. The number of hydrogen-bond acceptors (Lipinski definition) is 7. The van der Waals surface area contributed by atoms with Crippen LogP contribution in [0, 0.1) is 0 Å². The molecule has 0 saturated carbocycles. The number of methoxy groups -OCH3 is 2. The molecular weight excluding hydrogens is 260 g/mol. The van der Waals surface area contributed by atoms with Crippen molar-refractivity contribution in [1.82, 2.24) is 9.97 Å². The zero-order valence-electron chi connectivity index (χ0n) is 11.3. The van der Waals surface area contributed by atoms with Gasteiger partial charge in [-0.2, -0.15) is 4.98 Å². The molecule has 0 atom stereocenters. The van der Waals surface area contributed by atoms with Crippen LogP contribution < -0.4 is 20.9 Å². The molecule has 1 aromatic carbocycles. The molecular formula is C13H16N4O3. The Labute approximate surface area is 116 Å². The number of benzene rings is 1. The van der Waals surface area contributed by atoms with Gasteiger partial charge in [0, 0.05) is 18.2 Å². The Morgan fingerprint density at radius 2 is 1.75 bits per heavy atom. The molecule has 0 saturated heterocycles. The predicted molar refractivity (Wildman–Crippen MR) is 74.9 cm³/mol. The topological polar surface area (TPSA) is 117 Å². The summed E-state index contributed by atoms with van der Waals surface area (Å²) in [5, 5.41) is 9.85. The Morgan fingerprint density at radius 3 is 2.25 bits per heavy atom. The fourth-order valence-corrected chi connectivity index (χ4v) is 1.84. The van der Waals surface area contributed by atoms with Gasteiger partial charge in [-0.3, -0.25) is 0 Å². The smallest absolute Gasteiger partial charge is 0.221 e. The molecule has 2 rings (SSSR count). The largest absolute Gasteiger partial charge is 0.502 e. The van der Waals surface area contributed by atoms with Gasteiger partial charge in [-0.15, -0.1) is 0 Å². The van der Waals surface area contributed by atoms with Gasteiger partial charge in [0.25, 0.3) is 0 Å². The van der Waals surface area contributed by atoms with Crippen LogP contribution in [0.5, 0.6) is 17.2 Å². The maximum Gasteiger partial charge on any atom is 0.221 e. The van der Waals surface area contributed by atoms with E-state index in [-0.39, 0.29) is 11.7 Å². The first-order valence-electron chi connectivity index (χ1n) is 5.86. The van der Waals surface area contributed by atoms with Gasteiger partial charge in [-0.1, -0.05) is 0 Å². The molecule has 5 N–H and O–H groups in total. The third-order valence-corrected chi connectivity index (χ3v) is 2.85. The number of ether oxygens (including phenoxy) is 2. The number of rotatable bonds is 4. The van der Waals surface area contributed by atoms with Crippen molar-refractivity contribution in [2.75, 3.05) is 25.7 Å². The van der Waals surface area contributed by atoms with E-state index in [9.17, 15) is 5.11 Å². The fourth-order valence-electron chi connectivity index (χ4n) is 1.84. The van der Waals surface area contributed by atoms with Crippen molar-refractivity contribution in [3.63, 3.8) is 0 Å². The SMILES string of the molecule is COc1cc(Cc2cnc(N)nc2N)cc(OC)c1O.